The zero-order valence-corrected chi connectivity index (χ0v) is 11.4. The molecular formula is C9H11N5O6P-. The number of aliphatic hydroxyl groups excluding tert-OH is 1. The van der Waals surface area contributed by atoms with E-state index < -0.39 is 25.6 Å². The van der Waals surface area contributed by atoms with Crippen LogP contribution in [0.4, 0.5) is 17.5 Å². The van der Waals surface area contributed by atoms with Crippen molar-refractivity contribution in [3.63, 3.8) is 0 Å². The number of anilines is 2. The second-order valence-electron chi connectivity index (χ2n) is 4.44. The van der Waals surface area contributed by atoms with Crippen LogP contribution in [0.1, 0.15) is 0 Å². The molecule has 2 aliphatic rings. The van der Waals surface area contributed by atoms with Gasteiger partial charge < -0.3 is 30.1 Å². The molecule has 114 valence electrons. The normalized spacial score (nSPS) is 29.4. The second-order valence-corrected chi connectivity index (χ2v) is 5.80. The smallest absolute Gasteiger partial charge is 0.280 e. The van der Waals surface area contributed by atoms with Crippen LogP contribution in [0.2, 0.25) is 0 Å². The molecule has 0 radical (unpaired) electrons. The number of aliphatic hydroxyl groups is 1. The van der Waals surface area contributed by atoms with Crippen LogP contribution >= 0.6 is 7.82 Å². The van der Waals surface area contributed by atoms with Crippen molar-refractivity contribution in [3.8, 4) is 0 Å². The summed E-state index contributed by atoms with van der Waals surface area (Å²) in [6, 6.07) is 0. The van der Waals surface area contributed by atoms with Crippen molar-refractivity contribution in [2.75, 3.05) is 24.2 Å². The van der Waals surface area contributed by atoms with Crippen molar-refractivity contribution < 1.29 is 23.6 Å². The third kappa shape index (κ3) is 2.69. The second kappa shape index (κ2) is 4.90. The van der Waals surface area contributed by atoms with Crippen LogP contribution in [-0.4, -0.2) is 46.1 Å². The number of nitrogens with zero attached hydrogens (tertiary/aromatic N) is 2. The average Bonchev–Trinajstić information content (AvgIpc) is 2.78. The Balaban J connectivity index is 1.89. The first-order valence-electron chi connectivity index (χ1n) is 5.89. The Morgan fingerprint density at radius 2 is 2.33 bits per heavy atom. The lowest BCUT2D eigenvalue weighted by Gasteiger charge is -2.23. The van der Waals surface area contributed by atoms with E-state index in [9.17, 15) is 19.4 Å². The highest BCUT2D eigenvalue weighted by atomic mass is 31.2. The van der Waals surface area contributed by atoms with Crippen LogP contribution in [0.3, 0.4) is 0 Å². The molecule has 1 aromatic heterocycles. The van der Waals surface area contributed by atoms with Gasteiger partial charge in [-0.05, 0) is 0 Å². The zero-order valence-electron chi connectivity index (χ0n) is 10.5. The van der Waals surface area contributed by atoms with Crippen molar-refractivity contribution in [1.29, 1.82) is 0 Å². The molecule has 0 bridgehead atoms. The number of H-pyrrole nitrogens is 1. The number of hydrogen-bond acceptors (Lipinski definition) is 10. The van der Waals surface area contributed by atoms with E-state index in [0.29, 0.717) is 0 Å². The summed E-state index contributed by atoms with van der Waals surface area (Å²) in [5.74, 6) is 0.121. The van der Waals surface area contributed by atoms with Gasteiger partial charge in [-0.2, -0.15) is 4.98 Å². The van der Waals surface area contributed by atoms with Gasteiger partial charge in [0, 0.05) is 0 Å². The topological polar surface area (TPSA) is 175 Å². The molecule has 12 heteroatoms. The predicted molar refractivity (Wildman–Crippen MR) is 69.3 cm³/mol. The molecule has 1 saturated heterocycles. The maximum atomic E-state index is 11.7. The number of aromatic nitrogens is 2. The molecule has 0 amide bonds. The average molecular weight is 316 g/mol. The van der Waals surface area contributed by atoms with E-state index in [2.05, 4.69) is 29.3 Å². The van der Waals surface area contributed by atoms with Crippen molar-refractivity contribution in [2.24, 2.45) is 4.99 Å². The molecule has 1 aromatic rings. The molecule has 2 aliphatic heterocycles. The van der Waals surface area contributed by atoms with Gasteiger partial charge in [-0.15, -0.1) is 0 Å². The van der Waals surface area contributed by atoms with Crippen LogP contribution in [0.25, 0.3) is 0 Å². The van der Waals surface area contributed by atoms with Gasteiger partial charge in [-0.1, -0.05) is 0 Å². The summed E-state index contributed by atoms with van der Waals surface area (Å²) in [5.41, 5.74) is 4.91. The van der Waals surface area contributed by atoms with Crippen LogP contribution in [-0.2, 0) is 13.6 Å². The van der Waals surface area contributed by atoms with Crippen LogP contribution < -0.4 is 21.5 Å². The lowest BCUT2D eigenvalue weighted by molar-refractivity contribution is -0.215. The number of nitrogens with two attached hydrogens (primary N) is 1. The van der Waals surface area contributed by atoms with Gasteiger partial charge >= 0.3 is 0 Å². The van der Waals surface area contributed by atoms with E-state index in [-0.39, 0.29) is 36.3 Å². The zero-order chi connectivity index (χ0) is 15.2. The molecule has 3 rings (SSSR count). The van der Waals surface area contributed by atoms with E-state index in [0.717, 1.165) is 0 Å². The van der Waals surface area contributed by atoms with Crippen LogP contribution in [0.15, 0.2) is 9.79 Å². The van der Waals surface area contributed by atoms with E-state index in [1.807, 2.05) is 0 Å². The third-order valence-electron chi connectivity index (χ3n) is 2.96. The third-order valence-corrected chi connectivity index (χ3v) is 3.95. The molecule has 1 fully saturated rings. The van der Waals surface area contributed by atoms with Gasteiger partial charge in [0.15, 0.2) is 11.5 Å². The summed E-state index contributed by atoms with van der Waals surface area (Å²) < 4.78 is 20.1. The molecule has 0 aliphatic carbocycles. The molecule has 3 atom stereocenters. The van der Waals surface area contributed by atoms with Gasteiger partial charge in [0.2, 0.25) is 5.95 Å². The van der Waals surface area contributed by atoms with Crippen molar-refractivity contribution in [2.45, 2.75) is 12.2 Å². The Hall–Kier alpha value is -1.78. The van der Waals surface area contributed by atoms with Crippen LogP contribution in [0, 0.1) is 0 Å². The summed E-state index contributed by atoms with van der Waals surface area (Å²) in [6.07, 6.45) is -2.44. The lowest BCUT2D eigenvalue weighted by Crippen LogP contribution is -2.40. The standard InChI is InChI=1S/C9H12N5O6P/c10-9-13-7-5(8(16)14-9)12-3(1-11-7)6(15)4-2-19-21(17,18)20-4/h4,6,15H,1-2H2,(H,17,18)(H4,10,11,13,14,16)/p-1/t4-,6+/m1/s1. The van der Waals surface area contributed by atoms with E-state index >= 15 is 0 Å². The molecule has 0 spiro atoms. The molecule has 5 N–H and O–H groups in total. The number of phosphoric ester groups is 1. The van der Waals surface area contributed by atoms with Gasteiger partial charge in [-0.25, -0.2) is 4.99 Å². The molecule has 0 aromatic carbocycles. The number of nitrogens with one attached hydrogen (secondary N) is 2. The highest BCUT2D eigenvalue weighted by Gasteiger charge is 2.36. The monoisotopic (exact) mass is 316 g/mol. The lowest BCUT2D eigenvalue weighted by atomic mass is 10.1. The van der Waals surface area contributed by atoms with Crippen molar-refractivity contribution in [1.82, 2.24) is 9.97 Å². The maximum absolute atomic E-state index is 11.7. The maximum Gasteiger partial charge on any atom is 0.280 e. The minimum atomic E-state index is -4.37. The first-order valence-corrected chi connectivity index (χ1v) is 7.35. The number of phosphoric acid groups is 1. The number of rotatable bonds is 2. The molecule has 1 unspecified atom stereocenters. The van der Waals surface area contributed by atoms with E-state index in [1.165, 1.54) is 0 Å². The Kier molecular flexibility index (Phi) is 3.30. The first-order chi connectivity index (χ1) is 9.85. The van der Waals surface area contributed by atoms with Crippen molar-refractivity contribution >= 4 is 31.0 Å². The predicted octanol–water partition coefficient (Wildman–Crippen LogP) is -1.91. The first kappa shape index (κ1) is 14.2. The van der Waals surface area contributed by atoms with E-state index in [4.69, 9.17) is 5.73 Å². The fourth-order valence-corrected chi connectivity index (χ4v) is 2.89. The highest BCUT2D eigenvalue weighted by Crippen LogP contribution is 2.46. The van der Waals surface area contributed by atoms with Crippen molar-refractivity contribution in [3.05, 3.63) is 10.4 Å². The Labute approximate surface area is 117 Å². The number of fused-ring (bicyclic) bond motifs is 1. The largest absolute Gasteiger partial charge is 0.756 e. The van der Waals surface area contributed by atoms with Gasteiger partial charge in [0.1, 0.15) is 12.2 Å². The van der Waals surface area contributed by atoms with Gasteiger partial charge in [0.05, 0.1) is 18.9 Å². The highest BCUT2D eigenvalue weighted by molar-refractivity contribution is 7.46. The quantitative estimate of drug-likeness (QED) is 0.454. The summed E-state index contributed by atoms with van der Waals surface area (Å²) in [5, 5.41) is 12.9. The van der Waals surface area contributed by atoms with Gasteiger partial charge in [0.25, 0.3) is 13.4 Å². The molecule has 11 nitrogen and oxygen atoms in total. The Morgan fingerprint density at radius 3 is 3.00 bits per heavy atom. The molecular weight excluding hydrogens is 305 g/mol. The van der Waals surface area contributed by atoms with Gasteiger partial charge in [-0.3, -0.25) is 14.3 Å². The summed E-state index contributed by atoms with van der Waals surface area (Å²) in [7, 11) is -4.37. The summed E-state index contributed by atoms with van der Waals surface area (Å²) in [4.78, 5) is 32.9. The minimum absolute atomic E-state index is 0.0475. The fourth-order valence-electron chi connectivity index (χ4n) is 1.99. The minimum Gasteiger partial charge on any atom is -0.756 e. The fraction of sp³-hybridized carbons (Fsp3) is 0.444. The molecule has 0 saturated carbocycles. The summed E-state index contributed by atoms with van der Waals surface area (Å²) in [6.45, 7) is -0.253. The van der Waals surface area contributed by atoms with E-state index in [1.54, 1.807) is 0 Å². The number of nitrogen functional groups attached to an aromatic ring is 1. The summed E-state index contributed by atoms with van der Waals surface area (Å²) >= 11 is 0. The number of aliphatic imine (C=N–C) groups is 1. The van der Waals surface area contributed by atoms with Crippen LogP contribution in [0.5, 0.6) is 0 Å². The number of aromatic amines is 1. The Bertz CT molecular complexity index is 717. The molecule has 3 heterocycles. The SMILES string of the molecule is Nc1nc2c(c(=O)[nH]1)N=C([C@H](O)[C@H]1COP(=O)([O-])O1)CN2. The Morgan fingerprint density at radius 1 is 1.57 bits per heavy atom. The number of hydrogen-bond donors (Lipinski definition) is 4. The molecule has 21 heavy (non-hydrogen) atoms.